The predicted octanol–water partition coefficient (Wildman–Crippen LogP) is -0.0311. The van der Waals surface area contributed by atoms with E-state index < -0.39 is 0 Å². The highest BCUT2D eigenvalue weighted by Crippen LogP contribution is 1.98. The molecule has 11 heavy (non-hydrogen) atoms. The van der Waals surface area contributed by atoms with Gasteiger partial charge in [-0.2, -0.15) is 0 Å². The Morgan fingerprint density at radius 3 is 2.73 bits per heavy atom. The summed E-state index contributed by atoms with van der Waals surface area (Å²) in [6.45, 7) is 3.89. The lowest BCUT2D eigenvalue weighted by Crippen LogP contribution is -2.43. The molecule has 0 spiro atoms. The van der Waals surface area contributed by atoms with Crippen LogP contribution in [0.2, 0.25) is 0 Å². The molecule has 2 unspecified atom stereocenters. The number of nitrogens with one attached hydrogen (secondary N) is 1. The van der Waals surface area contributed by atoms with E-state index in [2.05, 4.69) is 39.6 Å². The maximum Gasteiger partial charge on any atom is 0.127 e. The zero-order chi connectivity index (χ0) is 8.69. The Balaban J connectivity index is 3.86. The second kappa shape index (κ2) is 6.96. The van der Waals surface area contributed by atoms with Gasteiger partial charge in [0.25, 0.3) is 0 Å². The van der Waals surface area contributed by atoms with Gasteiger partial charge in [-0.05, 0) is 6.72 Å². The summed E-state index contributed by atoms with van der Waals surface area (Å²) >= 11 is 2.20. The van der Waals surface area contributed by atoms with Crippen molar-refractivity contribution in [3.05, 3.63) is 0 Å². The lowest BCUT2D eigenvalue weighted by atomic mass is 10.3. The summed E-state index contributed by atoms with van der Waals surface area (Å²) in [5, 5.41) is 3.09. The summed E-state index contributed by atoms with van der Waals surface area (Å²) in [7, 11) is 1.62. The molecule has 0 aromatic rings. The largest absolute Gasteiger partial charge is 0.376 e. The van der Waals surface area contributed by atoms with Crippen LogP contribution >= 0.6 is 22.6 Å². The SMILES string of the molecule is C=NC(NCI)C(CN)OC. The molecule has 0 aliphatic carbocycles. The first-order valence-corrected chi connectivity index (χ1v) is 4.80. The number of aliphatic imine (C=N–C) groups is 1. The van der Waals surface area contributed by atoms with Crippen LogP contribution in [-0.2, 0) is 4.74 Å². The Labute approximate surface area is 80.7 Å². The quantitative estimate of drug-likeness (QED) is 0.309. The first kappa shape index (κ1) is 11.3. The number of nitrogens with zero attached hydrogens (tertiary/aromatic N) is 1. The number of nitrogens with two attached hydrogens (primary N) is 1. The maximum atomic E-state index is 5.43. The van der Waals surface area contributed by atoms with Crippen LogP contribution in [0.3, 0.4) is 0 Å². The van der Waals surface area contributed by atoms with Gasteiger partial charge >= 0.3 is 0 Å². The molecule has 0 amide bonds. The minimum atomic E-state index is -0.0955. The highest BCUT2D eigenvalue weighted by Gasteiger charge is 2.16. The average Bonchev–Trinajstić information content (AvgIpc) is 2.05. The fourth-order valence-corrected chi connectivity index (χ4v) is 1.20. The second-order valence-electron chi connectivity index (χ2n) is 1.98. The Hall–Kier alpha value is 0.280. The van der Waals surface area contributed by atoms with Gasteiger partial charge in [0.2, 0.25) is 0 Å². The molecule has 0 heterocycles. The van der Waals surface area contributed by atoms with Gasteiger partial charge in [0.1, 0.15) is 12.3 Å². The summed E-state index contributed by atoms with van der Waals surface area (Å²) in [6, 6.07) is 0. The molecule has 0 rings (SSSR count). The summed E-state index contributed by atoms with van der Waals surface area (Å²) in [6.07, 6.45) is -0.177. The van der Waals surface area contributed by atoms with Crippen molar-refractivity contribution in [3.63, 3.8) is 0 Å². The number of methoxy groups -OCH3 is 1. The number of alkyl halides is 1. The van der Waals surface area contributed by atoms with Crippen LogP contribution in [0.15, 0.2) is 4.99 Å². The van der Waals surface area contributed by atoms with Gasteiger partial charge in [-0.25, -0.2) is 0 Å². The van der Waals surface area contributed by atoms with Gasteiger partial charge in [0.05, 0.1) is 0 Å². The molecular formula is C6H14IN3O. The monoisotopic (exact) mass is 271 g/mol. The molecule has 0 radical (unpaired) electrons. The zero-order valence-electron chi connectivity index (χ0n) is 6.59. The molecule has 0 saturated carbocycles. The molecule has 0 bridgehead atoms. The standard InChI is InChI=1S/C6H14IN3O/c1-9-6(10-4-7)5(3-8)11-2/h5-6,10H,1,3-4,8H2,2H3. The third-order valence-electron chi connectivity index (χ3n) is 1.37. The van der Waals surface area contributed by atoms with Crippen molar-refractivity contribution in [3.8, 4) is 0 Å². The number of ether oxygens (including phenoxy) is 1. The van der Waals surface area contributed by atoms with Crippen molar-refractivity contribution in [2.75, 3.05) is 18.2 Å². The van der Waals surface area contributed by atoms with Gasteiger partial charge in [-0.15, -0.1) is 0 Å². The van der Waals surface area contributed by atoms with Crippen LogP contribution in [0.1, 0.15) is 0 Å². The third kappa shape index (κ3) is 4.00. The lowest BCUT2D eigenvalue weighted by molar-refractivity contribution is 0.0802. The molecular weight excluding hydrogens is 257 g/mol. The predicted molar refractivity (Wildman–Crippen MR) is 55.2 cm³/mol. The number of halogens is 1. The highest BCUT2D eigenvalue weighted by atomic mass is 127. The lowest BCUT2D eigenvalue weighted by Gasteiger charge is -2.20. The van der Waals surface area contributed by atoms with E-state index in [0.717, 1.165) is 4.55 Å². The van der Waals surface area contributed by atoms with Crippen molar-refractivity contribution >= 4 is 29.3 Å². The van der Waals surface area contributed by atoms with Gasteiger partial charge in [0.15, 0.2) is 0 Å². The molecule has 0 aromatic heterocycles. The van der Waals surface area contributed by atoms with Gasteiger partial charge in [-0.1, -0.05) is 22.6 Å². The van der Waals surface area contributed by atoms with Crippen LogP contribution in [-0.4, -0.2) is 37.2 Å². The minimum absolute atomic E-state index is 0.0812. The smallest absolute Gasteiger partial charge is 0.127 e. The van der Waals surface area contributed by atoms with Crippen molar-refractivity contribution in [2.45, 2.75) is 12.3 Å². The number of rotatable bonds is 6. The molecule has 3 N–H and O–H groups in total. The summed E-state index contributed by atoms with van der Waals surface area (Å²) in [5.74, 6) is 0. The molecule has 2 atom stereocenters. The number of hydrogen-bond acceptors (Lipinski definition) is 4. The molecule has 5 heteroatoms. The Morgan fingerprint density at radius 1 is 1.82 bits per heavy atom. The Kier molecular flexibility index (Phi) is 7.13. The summed E-state index contributed by atoms with van der Waals surface area (Å²) in [4.78, 5) is 3.85. The minimum Gasteiger partial charge on any atom is -0.376 e. The summed E-state index contributed by atoms with van der Waals surface area (Å²) in [5.41, 5.74) is 5.43. The van der Waals surface area contributed by atoms with Crippen LogP contribution in [0.4, 0.5) is 0 Å². The van der Waals surface area contributed by atoms with Crippen LogP contribution in [0, 0.1) is 0 Å². The molecule has 0 aliphatic rings. The van der Waals surface area contributed by atoms with Crippen molar-refractivity contribution in [1.29, 1.82) is 0 Å². The normalized spacial score (nSPS) is 15.9. The van der Waals surface area contributed by atoms with E-state index in [9.17, 15) is 0 Å². The van der Waals surface area contributed by atoms with E-state index in [1.807, 2.05) is 0 Å². The average molecular weight is 271 g/mol. The first-order chi connectivity index (χ1) is 5.29. The van der Waals surface area contributed by atoms with Crippen LogP contribution < -0.4 is 11.1 Å². The molecule has 0 aliphatic heterocycles. The van der Waals surface area contributed by atoms with E-state index in [1.165, 1.54) is 0 Å². The summed E-state index contributed by atoms with van der Waals surface area (Å²) < 4.78 is 5.89. The zero-order valence-corrected chi connectivity index (χ0v) is 8.74. The molecule has 0 aromatic carbocycles. The van der Waals surface area contributed by atoms with Crippen LogP contribution in [0.5, 0.6) is 0 Å². The second-order valence-corrected chi connectivity index (χ2v) is 2.74. The van der Waals surface area contributed by atoms with Crippen LogP contribution in [0.25, 0.3) is 0 Å². The fourth-order valence-electron chi connectivity index (χ4n) is 0.747. The Morgan fingerprint density at radius 2 is 2.45 bits per heavy atom. The van der Waals surface area contributed by atoms with Crippen molar-refractivity contribution < 1.29 is 4.74 Å². The van der Waals surface area contributed by atoms with Crippen molar-refractivity contribution in [2.24, 2.45) is 10.7 Å². The van der Waals surface area contributed by atoms with E-state index in [0.29, 0.717) is 6.54 Å². The van der Waals surface area contributed by atoms with Gasteiger partial charge in [-0.3, -0.25) is 10.3 Å². The van der Waals surface area contributed by atoms with Gasteiger partial charge in [0, 0.05) is 18.2 Å². The van der Waals surface area contributed by atoms with Crippen molar-refractivity contribution in [1.82, 2.24) is 5.32 Å². The Bertz CT molecular complexity index is 108. The highest BCUT2D eigenvalue weighted by molar-refractivity contribution is 14.1. The first-order valence-electron chi connectivity index (χ1n) is 3.28. The fraction of sp³-hybridized carbons (Fsp3) is 0.833. The molecule has 0 saturated heterocycles. The molecule has 66 valence electrons. The van der Waals surface area contributed by atoms with E-state index >= 15 is 0 Å². The third-order valence-corrected chi connectivity index (χ3v) is 1.81. The van der Waals surface area contributed by atoms with E-state index in [-0.39, 0.29) is 12.3 Å². The topological polar surface area (TPSA) is 59.6 Å². The van der Waals surface area contributed by atoms with E-state index in [1.54, 1.807) is 7.11 Å². The van der Waals surface area contributed by atoms with E-state index in [4.69, 9.17) is 10.5 Å². The molecule has 4 nitrogen and oxygen atoms in total. The van der Waals surface area contributed by atoms with Gasteiger partial charge < -0.3 is 10.5 Å². The maximum absolute atomic E-state index is 5.43. The molecule has 0 fully saturated rings. The number of hydrogen-bond donors (Lipinski definition) is 2.